The Morgan fingerprint density at radius 2 is 1.64 bits per heavy atom. The number of methoxy groups -OCH3 is 3. The fraction of sp³-hybridized carbons (Fsp3) is 0.250. The van der Waals surface area contributed by atoms with Crippen LogP contribution in [0.1, 0.15) is 21.7 Å². The van der Waals surface area contributed by atoms with Gasteiger partial charge in [0.2, 0.25) is 5.75 Å². The van der Waals surface area contributed by atoms with Crippen molar-refractivity contribution in [2.75, 3.05) is 38.5 Å². The number of carbonyl (C=O) groups is 2. The smallest absolute Gasteiger partial charge is 0.323 e. The molecule has 0 aliphatic carbocycles. The summed E-state index contributed by atoms with van der Waals surface area (Å²) in [5.74, 6) is 1.47. The van der Waals surface area contributed by atoms with Crippen LogP contribution < -0.4 is 24.8 Å². The van der Waals surface area contributed by atoms with Crippen LogP contribution in [0, 0.1) is 0 Å². The predicted molar refractivity (Wildman–Crippen MR) is 122 cm³/mol. The van der Waals surface area contributed by atoms with Crippen molar-refractivity contribution in [2.24, 2.45) is 0 Å². The summed E-state index contributed by atoms with van der Waals surface area (Å²) in [6, 6.07) is 11.9. The summed E-state index contributed by atoms with van der Waals surface area (Å²) in [6.07, 6.45) is 2.22. The second kappa shape index (κ2) is 9.56. The average Bonchev–Trinajstić information content (AvgIpc) is 3.37. The number of benzene rings is 2. The zero-order chi connectivity index (χ0) is 23.4. The lowest BCUT2D eigenvalue weighted by Crippen LogP contribution is -2.35. The van der Waals surface area contributed by atoms with Gasteiger partial charge in [-0.2, -0.15) is 0 Å². The summed E-state index contributed by atoms with van der Waals surface area (Å²) < 4.78 is 21.2. The molecule has 33 heavy (non-hydrogen) atoms. The van der Waals surface area contributed by atoms with E-state index in [0.29, 0.717) is 47.5 Å². The monoisotopic (exact) mass is 451 g/mol. The van der Waals surface area contributed by atoms with E-state index in [1.165, 1.54) is 27.6 Å². The normalized spacial score (nSPS) is 12.5. The number of hydrogen-bond acceptors (Lipinski definition) is 6. The zero-order valence-corrected chi connectivity index (χ0v) is 18.6. The Balaban J connectivity index is 1.46. The third kappa shape index (κ3) is 4.72. The van der Waals surface area contributed by atoms with E-state index in [2.05, 4.69) is 10.6 Å². The second-order valence-electron chi connectivity index (χ2n) is 7.43. The Labute approximate surface area is 191 Å². The molecule has 2 aromatic carbocycles. The van der Waals surface area contributed by atoms with Gasteiger partial charge < -0.3 is 34.2 Å². The first-order valence-electron chi connectivity index (χ1n) is 10.3. The molecule has 0 unspecified atom stereocenters. The molecular weight excluding hydrogens is 426 g/mol. The quantitative estimate of drug-likeness (QED) is 0.584. The van der Waals surface area contributed by atoms with Crippen molar-refractivity contribution in [1.29, 1.82) is 0 Å². The molecule has 0 radical (unpaired) electrons. The van der Waals surface area contributed by atoms with Crippen LogP contribution in [0.3, 0.4) is 0 Å². The van der Waals surface area contributed by atoms with Gasteiger partial charge in [-0.1, -0.05) is 6.07 Å². The second-order valence-corrected chi connectivity index (χ2v) is 7.43. The van der Waals surface area contributed by atoms with Gasteiger partial charge in [0.25, 0.3) is 5.91 Å². The summed E-state index contributed by atoms with van der Waals surface area (Å²) in [7, 11) is 4.53. The number of carbonyl (C=O) groups excluding carboxylic acids is 2. The van der Waals surface area contributed by atoms with Crippen LogP contribution in [-0.4, -0.2) is 44.7 Å². The molecule has 0 saturated heterocycles. The molecule has 3 amide bonds. The first-order chi connectivity index (χ1) is 16.0. The molecule has 0 spiro atoms. The fourth-order valence-electron chi connectivity index (χ4n) is 3.81. The maximum atomic E-state index is 12.6. The molecule has 1 aliphatic rings. The number of amides is 3. The minimum Gasteiger partial charge on any atom is -0.493 e. The molecule has 0 saturated carbocycles. The highest BCUT2D eigenvalue weighted by atomic mass is 16.5. The van der Waals surface area contributed by atoms with E-state index in [1.807, 2.05) is 18.2 Å². The summed E-state index contributed by atoms with van der Waals surface area (Å²) in [5.41, 5.74) is 3.22. The minimum atomic E-state index is -0.427. The van der Waals surface area contributed by atoms with Crippen LogP contribution in [-0.2, 0) is 13.0 Å². The fourth-order valence-corrected chi connectivity index (χ4v) is 3.81. The van der Waals surface area contributed by atoms with Gasteiger partial charge in [0.15, 0.2) is 17.3 Å². The first-order valence-corrected chi connectivity index (χ1v) is 10.3. The molecule has 2 heterocycles. The first kappa shape index (κ1) is 22.1. The number of anilines is 2. The van der Waals surface area contributed by atoms with Crippen LogP contribution in [0.15, 0.2) is 53.1 Å². The van der Waals surface area contributed by atoms with Crippen LogP contribution in [0.4, 0.5) is 16.2 Å². The Kier molecular flexibility index (Phi) is 6.39. The van der Waals surface area contributed by atoms with Crippen LogP contribution in [0.5, 0.6) is 17.2 Å². The lowest BCUT2D eigenvalue weighted by molar-refractivity contribution is 0.0702. The number of nitrogens with one attached hydrogen (secondary N) is 2. The zero-order valence-electron chi connectivity index (χ0n) is 18.6. The van der Waals surface area contributed by atoms with Crippen molar-refractivity contribution >= 4 is 23.3 Å². The highest BCUT2D eigenvalue weighted by Gasteiger charge is 2.24. The summed E-state index contributed by atoms with van der Waals surface area (Å²) in [6.45, 7) is 1.06. The number of fused-ring (bicyclic) bond motifs is 1. The van der Waals surface area contributed by atoms with E-state index >= 15 is 0 Å². The molecule has 9 heteroatoms. The van der Waals surface area contributed by atoms with Gasteiger partial charge >= 0.3 is 6.03 Å². The molecule has 4 rings (SSSR count). The topological polar surface area (TPSA) is 102 Å². The third-order valence-corrected chi connectivity index (χ3v) is 5.42. The molecule has 2 N–H and O–H groups in total. The van der Waals surface area contributed by atoms with Crippen molar-refractivity contribution in [3.8, 4) is 17.2 Å². The Morgan fingerprint density at radius 3 is 2.27 bits per heavy atom. The lowest BCUT2D eigenvalue weighted by Gasteiger charge is -2.28. The van der Waals surface area contributed by atoms with E-state index in [0.717, 1.165) is 17.5 Å². The summed E-state index contributed by atoms with van der Waals surface area (Å²) in [4.78, 5) is 27.0. The van der Waals surface area contributed by atoms with Crippen molar-refractivity contribution in [2.45, 2.75) is 13.0 Å². The van der Waals surface area contributed by atoms with E-state index in [4.69, 9.17) is 18.6 Å². The Hall–Kier alpha value is -4.14. The molecule has 172 valence electrons. The number of urea groups is 1. The van der Waals surface area contributed by atoms with Crippen LogP contribution >= 0.6 is 0 Å². The highest BCUT2D eigenvalue weighted by Crippen LogP contribution is 2.40. The predicted octanol–water partition coefficient (Wildman–Crippen LogP) is 4.15. The van der Waals surface area contributed by atoms with Crippen molar-refractivity contribution in [3.05, 3.63) is 65.6 Å². The maximum absolute atomic E-state index is 12.6. The van der Waals surface area contributed by atoms with E-state index < -0.39 is 6.03 Å². The summed E-state index contributed by atoms with van der Waals surface area (Å²) in [5, 5.41) is 5.61. The van der Waals surface area contributed by atoms with Crippen LogP contribution in [0.25, 0.3) is 0 Å². The molecule has 9 nitrogen and oxygen atoms in total. The van der Waals surface area contributed by atoms with E-state index in [1.54, 1.807) is 29.2 Å². The van der Waals surface area contributed by atoms with Crippen molar-refractivity contribution in [3.63, 3.8) is 0 Å². The van der Waals surface area contributed by atoms with Gasteiger partial charge in [0.1, 0.15) is 0 Å². The van der Waals surface area contributed by atoms with Crippen molar-refractivity contribution in [1.82, 2.24) is 4.90 Å². The maximum Gasteiger partial charge on any atom is 0.323 e. The largest absolute Gasteiger partial charge is 0.493 e. The van der Waals surface area contributed by atoms with E-state index in [9.17, 15) is 9.59 Å². The molecule has 0 atom stereocenters. The molecule has 0 bridgehead atoms. The van der Waals surface area contributed by atoms with Gasteiger partial charge in [-0.15, -0.1) is 0 Å². The number of rotatable bonds is 6. The number of hydrogen-bond donors (Lipinski definition) is 2. The lowest BCUT2D eigenvalue weighted by atomic mass is 9.99. The van der Waals surface area contributed by atoms with Crippen LogP contribution in [0.2, 0.25) is 0 Å². The molecular formula is C24H25N3O6. The van der Waals surface area contributed by atoms with E-state index in [-0.39, 0.29) is 5.91 Å². The molecule has 0 fully saturated rings. The SMILES string of the molecule is COc1cc(NC(=O)Nc2ccc3c(c2)CN(C(=O)c2ccco2)CC3)cc(OC)c1OC. The molecule has 1 aliphatic heterocycles. The standard InChI is InChI=1S/C24H25N3O6/c1-30-20-12-18(13-21(31-2)22(20)32-3)26-24(29)25-17-7-6-15-8-9-27(14-16(15)11-17)23(28)19-5-4-10-33-19/h4-7,10-13H,8-9,14H2,1-3H3,(H2,25,26,29). The molecule has 3 aromatic rings. The van der Waals surface area contributed by atoms with Crippen molar-refractivity contribution < 1.29 is 28.2 Å². The average molecular weight is 451 g/mol. The number of ether oxygens (including phenoxy) is 3. The van der Waals surface area contributed by atoms with Gasteiger partial charge in [-0.05, 0) is 41.8 Å². The number of furan rings is 1. The minimum absolute atomic E-state index is 0.149. The Morgan fingerprint density at radius 1 is 0.909 bits per heavy atom. The third-order valence-electron chi connectivity index (χ3n) is 5.42. The van der Waals surface area contributed by atoms with Gasteiger partial charge in [0.05, 0.1) is 33.3 Å². The molecule has 1 aromatic heterocycles. The summed E-state index contributed by atoms with van der Waals surface area (Å²) >= 11 is 0. The number of nitrogens with zero attached hydrogens (tertiary/aromatic N) is 1. The van der Waals surface area contributed by atoms with Gasteiger partial charge in [-0.3, -0.25) is 4.79 Å². The Bertz CT molecular complexity index is 1130. The van der Waals surface area contributed by atoms with Gasteiger partial charge in [0, 0.05) is 30.9 Å². The van der Waals surface area contributed by atoms with Gasteiger partial charge in [-0.25, -0.2) is 4.79 Å². The highest BCUT2D eigenvalue weighted by molar-refractivity contribution is 6.00.